The van der Waals surface area contributed by atoms with Crippen molar-refractivity contribution in [3.63, 3.8) is 0 Å². The Morgan fingerprint density at radius 1 is 1.25 bits per heavy atom. The SMILES string of the molecule is CC(C)(c1ccc(F)cc1)c1noc(Cl)n1. The van der Waals surface area contributed by atoms with E-state index in [0.29, 0.717) is 5.82 Å². The Balaban J connectivity index is 2.42. The Labute approximate surface area is 97.2 Å². The molecule has 1 aromatic carbocycles. The molecule has 0 aliphatic rings. The molecular formula is C11H10ClFN2O. The number of benzene rings is 1. The van der Waals surface area contributed by atoms with E-state index in [1.807, 2.05) is 13.8 Å². The van der Waals surface area contributed by atoms with Gasteiger partial charge in [-0.05, 0) is 43.1 Å². The van der Waals surface area contributed by atoms with Gasteiger partial charge in [0.2, 0.25) is 0 Å². The van der Waals surface area contributed by atoms with E-state index in [1.54, 1.807) is 12.1 Å². The third-order valence-corrected chi connectivity index (χ3v) is 2.68. The van der Waals surface area contributed by atoms with Crippen LogP contribution in [0.3, 0.4) is 0 Å². The van der Waals surface area contributed by atoms with E-state index in [2.05, 4.69) is 10.1 Å². The van der Waals surface area contributed by atoms with E-state index in [9.17, 15) is 4.39 Å². The molecule has 0 fully saturated rings. The van der Waals surface area contributed by atoms with Gasteiger partial charge in [0.1, 0.15) is 5.82 Å². The van der Waals surface area contributed by atoms with Gasteiger partial charge in [0.25, 0.3) is 0 Å². The summed E-state index contributed by atoms with van der Waals surface area (Å²) in [7, 11) is 0. The number of halogens is 2. The lowest BCUT2D eigenvalue weighted by Crippen LogP contribution is -2.20. The van der Waals surface area contributed by atoms with Gasteiger partial charge in [-0.2, -0.15) is 4.98 Å². The molecule has 0 atom stereocenters. The van der Waals surface area contributed by atoms with Crippen LogP contribution in [0.4, 0.5) is 4.39 Å². The predicted molar refractivity (Wildman–Crippen MR) is 57.8 cm³/mol. The first-order valence-electron chi connectivity index (χ1n) is 4.76. The summed E-state index contributed by atoms with van der Waals surface area (Å²) < 4.78 is 17.5. The average Bonchev–Trinajstić information content (AvgIpc) is 2.66. The van der Waals surface area contributed by atoms with Crippen LogP contribution in [-0.2, 0) is 5.41 Å². The van der Waals surface area contributed by atoms with E-state index in [-0.39, 0.29) is 11.2 Å². The second-order valence-electron chi connectivity index (χ2n) is 4.00. The zero-order chi connectivity index (χ0) is 11.8. The first-order chi connectivity index (χ1) is 7.50. The molecule has 0 aliphatic heterocycles. The lowest BCUT2D eigenvalue weighted by molar-refractivity contribution is 0.399. The molecule has 3 nitrogen and oxygen atoms in total. The van der Waals surface area contributed by atoms with E-state index in [1.165, 1.54) is 12.1 Å². The Bertz CT molecular complexity index is 493. The van der Waals surface area contributed by atoms with E-state index in [0.717, 1.165) is 5.56 Å². The van der Waals surface area contributed by atoms with Gasteiger partial charge in [0.05, 0.1) is 5.41 Å². The van der Waals surface area contributed by atoms with Crippen molar-refractivity contribution in [2.75, 3.05) is 0 Å². The number of nitrogens with zero attached hydrogens (tertiary/aromatic N) is 2. The molecule has 0 amide bonds. The molecule has 0 spiro atoms. The van der Waals surface area contributed by atoms with Crippen LogP contribution >= 0.6 is 11.6 Å². The van der Waals surface area contributed by atoms with Crippen molar-refractivity contribution in [3.05, 3.63) is 46.8 Å². The van der Waals surface area contributed by atoms with Gasteiger partial charge in [-0.1, -0.05) is 17.3 Å². The fraction of sp³-hybridized carbons (Fsp3) is 0.273. The highest BCUT2D eigenvalue weighted by molar-refractivity contribution is 6.27. The average molecular weight is 241 g/mol. The summed E-state index contributed by atoms with van der Waals surface area (Å²) in [4.78, 5) is 3.98. The van der Waals surface area contributed by atoms with Crippen molar-refractivity contribution >= 4 is 11.6 Å². The first-order valence-corrected chi connectivity index (χ1v) is 5.13. The lowest BCUT2D eigenvalue weighted by atomic mass is 9.84. The molecule has 0 unspecified atom stereocenters. The first kappa shape index (κ1) is 11.1. The fourth-order valence-corrected chi connectivity index (χ4v) is 1.57. The lowest BCUT2D eigenvalue weighted by Gasteiger charge is -2.20. The maximum Gasteiger partial charge on any atom is 0.320 e. The topological polar surface area (TPSA) is 38.9 Å². The van der Waals surface area contributed by atoms with E-state index < -0.39 is 5.41 Å². The van der Waals surface area contributed by atoms with Crippen LogP contribution in [-0.4, -0.2) is 10.1 Å². The highest BCUT2D eigenvalue weighted by atomic mass is 35.5. The number of hydrogen-bond donors (Lipinski definition) is 0. The molecule has 2 rings (SSSR count). The molecule has 16 heavy (non-hydrogen) atoms. The molecule has 1 aromatic heterocycles. The van der Waals surface area contributed by atoms with E-state index in [4.69, 9.17) is 16.1 Å². The van der Waals surface area contributed by atoms with Crippen LogP contribution in [0.15, 0.2) is 28.8 Å². The minimum Gasteiger partial charge on any atom is -0.321 e. The number of aromatic nitrogens is 2. The molecule has 5 heteroatoms. The largest absolute Gasteiger partial charge is 0.321 e. The standard InChI is InChI=1S/C11H10ClFN2O/c1-11(2,9-14-10(12)16-15-9)7-3-5-8(13)6-4-7/h3-6H,1-2H3. The second kappa shape index (κ2) is 3.87. The quantitative estimate of drug-likeness (QED) is 0.809. The van der Waals surface area contributed by atoms with Crippen LogP contribution in [0.1, 0.15) is 25.2 Å². The van der Waals surface area contributed by atoms with Gasteiger partial charge in [-0.25, -0.2) is 4.39 Å². The summed E-state index contributed by atoms with van der Waals surface area (Å²) in [5, 5.41) is 3.78. The van der Waals surface area contributed by atoms with Gasteiger partial charge in [-0.15, -0.1) is 0 Å². The Hall–Kier alpha value is -1.42. The summed E-state index contributed by atoms with van der Waals surface area (Å²) in [5.41, 5.74) is 0.427. The molecule has 0 N–H and O–H groups in total. The van der Waals surface area contributed by atoms with Crippen molar-refractivity contribution in [3.8, 4) is 0 Å². The second-order valence-corrected chi connectivity index (χ2v) is 4.33. The summed E-state index contributed by atoms with van der Waals surface area (Å²) in [6, 6.07) is 6.19. The zero-order valence-electron chi connectivity index (χ0n) is 8.87. The Morgan fingerprint density at radius 2 is 1.88 bits per heavy atom. The molecule has 0 saturated heterocycles. The maximum absolute atomic E-state index is 12.8. The number of rotatable bonds is 2. The highest BCUT2D eigenvalue weighted by Crippen LogP contribution is 2.29. The van der Waals surface area contributed by atoms with Crippen molar-refractivity contribution in [1.29, 1.82) is 0 Å². The maximum atomic E-state index is 12.8. The van der Waals surface area contributed by atoms with E-state index >= 15 is 0 Å². The normalized spacial score (nSPS) is 11.8. The summed E-state index contributed by atoms with van der Waals surface area (Å²) >= 11 is 5.58. The van der Waals surface area contributed by atoms with Crippen LogP contribution in [0, 0.1) is 5.82 Å². The zero-order valence-corrected chi connectivity index (χ0v) is 9.62. The highest BCUT2D eigenvalue weighted by Gasteiger charge is 2.28. The molecule has 0 saturated carbocycles. The molecule has 0 radical (unpaired) electrons. The van der Waals surface area contributed by atoms with Gasteiger partial charge < -0.3 is 4.52 Å². The van der Waals surface area contributed by atoms with Crippen molar-refractivity contribution in [1.82, 2.24) is 10.1 Å². The van der Waals surface area contributed by atoms with Crippen LogP contribution < -0.4 is 0 Å². The summed E-state index contributed by atoms with van der Waals surface area (Å²) in [6.45, 7) is 3.84. The smallest absolute Gasteiger partial charge is 0.320 e. The van der Waals surface area contributed by atoms with Crippen molar-refractivity contribution in [2.45, 2.75) is 19.3 Å². The minimum atomic E-state index is -0.468. The minimum absolute atomic E-state index is 0.00480. The third-order valence-electron chi connectivity index (χ3n) is 2.53. The third kappa shape index (κ3) is 1.93. The molecular weight excluding hydrogens is 231 g/mol. The van der Waals surface area contributed by atoms with Crippen molar-refractivity contribution in [2.24, 2.45) is 0 Å². The predicted octanol–water partition coefficient (Wildman–Crippen LogP) is 3.19. The van der Waals surface area contributed by atoms with Crippen LogP contribution in [0.2, 0.25) is 5.35 Å². The van der Waals surface area contributed by atoms with Gasteiger partial charge in [-0.3, -0.25) is 0 Å². The molecule has 1 heterocycles. The van der Waals surface area contributed by atoms with Gasteiger partial charge in [0, 0.05) is 0 Å². The van der Waals surface area contributed by atoms with Gasteiger partial charge >= 0.3 is 5.35 Å². The van der Waals surface area contributed by atoms with Crippen molar-refractivity contribution < 1.29 is 8.91 Å². The molecule has 2 aromatic rings. The van der Waals surface area contributed by atoms with Crippen LogP contribution in [0.25, 0.3) is 0 Å². The Morgan fingerprint density at radius 3 is 2.38 bits per heavy atom. The summed E-state index contributed by atoms with van der Waals surface area (Å²) in [5.74, 6) is 0.204. The molecule has 0 bridgehead atoms. The molecule has 84 valence electrons. The number of hydrogen-bond acceptors (Lipinski definition) is 3. The summed E-state index contributed by atoms with van der Waals surface area (Å²) in [6.07, 6.45) is 0. The Kier molecular flexibility index (Phi) is 2.68. The fourth-order valence-electron chi connectivity index (χ4n) is 1.45. The monoisotopic (exact) mass is 240 g/mol. The molecule has 0 aliphatic carbocycles. The van der Waals surface area contributed by atoms with Gasteiger partial charge in [0.15, 0.2) is 5.82 Å². The van der Waals surface area contributed by atoms with Crippen LogP contribution in [0.5, 0.6) is 0 Å².